The standard InChI is InChI=1S/C13H12N6/c1-9-3-2-4-10(5-9)6-18-19-13-11-12(15-7-14-11)16-8-17-13/h2-8H,1H3,(H2,14,15,16,17,19). The summed E-state index contributed by atoms with van der Waals surface area (Å²) in [5, 5.41) is 4.16. The molecule has 0 spiro atoms. The Bertz CT molecular complexity index is 731. The van der Waals surface area contributed by atoms with Gasteiger partial charge in [0.2, 0.25) is 0 Å². The number of benzene rings is 1. The molecule has 6 nitrogen and oxygen atoms in total. The van der Waals surface area contributed by atoms with E-state index in [0.717, 1.165) is 5.56 Å². The summed E-state index contributed by atoms with van der Waals surface area (Å²) in [5.41, 5.74) is 6.45. The minimum atomic E-state index is 0.579. The lowest BCUT2D eigenvalue weighted by atomic mass is 10.2. The molecule has 0 saturated heterocycles. The summed E-state index contributed by atoms with van der Waals surface area (Å²) in [6.07, 6.45) is 4.79. The lowest BCUT2D eigenvalue weighted by Gasteiger charge is -1.99. The lowest BCUT2D eigenvalue weighted by molar-refractivity contribution is 1.17. The summed E-state index contributed by atoms with van der Waals surface area (Å²) in [5.74, 6) is 0.579. The molecule has 0 amide bonds. The third-order valence-corrected chi connectivity index (χ3v) is 2.64. The van der Waals surface area contributed by atoms with Crippen molar-refractivity contribution < 1.29 is 0 Å². The molecule has 0 fully saturated rings. The number of aromatic nitrogens is 4. The Morgan fingerprint density at radius 2 is 2.21 bits per heavy atom. The van der Waals surface area contributed by atoms with Crippen molar-refractivity contribution >= 4 is 23.2 Å². The van der Waals surface area contributed by atoms with Crippen LogP contribution in [0.5, 0.6) is 0 Å². The van der Waals surface area contributed by atoms with Gasteiger partial charge in [0.05, 0.1) is 12.5 Å². The summed E-state index contributed by atoms with van der Waals surface area (Å²) >= 11 is 0. The molecule has 1 aromatic carbocycles. The molecule has 6 heteroatoms. The van der Waals surface area contributed by atoms with Crippen LogP contribution in [-0.2, 0) is 0 Å². The van der Waals surface area contributed by atoms with Crippen molar-refractivity contribution in [3.63, 3.8) is 0 Å². The first-order chi connectivity index (χ1) is 9.33. The van der Waals surface area contributed by atoms with E-state index >= 15 is 0 Å². The van der Waals surface area contributed by atoms with E-state index in [4.69, 9.17) is 0 Å². The number of aromatic amines is 1. The Hall–Kier alpha value is -2.76. The number of hydrogen-bond acceptors (Lipinski definition) is 5. The zero-order valence-corrected chi connectivity index (χ0v) is 10.3. The molecule has 2 N–H and O–H groups in total. The summed E-state index contributed by atoms with van der Waals surface area (Å²) in [4.78, 5) is 15.2. The first-order valence-corrected chi connectivity index (χ1v) is 5.83. The van der Waals surface area contributed by atoms with Crippen LogP contribution in [0, 0.1) is 6.92 Å². The Labute approximate surface area is 109 Å². The highest BCUT2D eigenvalue weighted by Crippen LogP contribution is 2.13. The second kappa shape index (κ2) is 4.85. The maximum Gasteiger partial charge on any atom is 0.177 e. The molecular weight excluding hydrogens is 240 g/mol. The zero-order chi connectivity index (χ0) is 13.1. The molecule has 0 radical (unpaired) electrons. The van der Waals surface area contributed by atoms with E-state index in [2.05, 4.69) is 36.5 Å². The normalized spacial score (nSPS) is 11.2. The molecule has 19 heavy (non-hydrogen) atoms. The number of nitrogens with one attached hydrogen (secondary N) is 2. The first-order valence-electron chi connectivity index (χ1n) is 5.83. The monoisotopic (exact) mass is 252 g/mol. The van der Waals surface area contributed by atoms with Gasteiger partial charge in [-0.05, 0) is 12.5 Å². The summed E-state index contributed by atoms with van der Waals surface area (Å²) in [6, 6.07) is 8.08. The number of hydrogen-bond donors (Lipinski definition) is 2. The van der Waals surface area contributed by atoms with Crippen molar-refractivity contribution in [2.75, 3.05) is 5.43 Å². The van der Waals surface area contributed by atoms with Crippen molar-refractivity contribution in [3.05, 3.63) is 48.0 Å². The van der Waals surface area contributed by atoms with E-state index in [1.807, 2.05) is 25.1 Å². The fraction of sp³-hybridized carbons (Fsp3) is 0.0769. The number of hydrazone groups is 1. The molecule has 0 aliphatic heterocycles. The third kappa shape index (κ3) is 2.42. The van der Waals surface area contributed by atoms with Crippen LogP contribution in [-0.4, -0.2) is 26.2 Å². The molecule has 0 unspecified atom stereocenters. The van der Waals surface area contributed by atoms with Gasteiger partial charge in [-0.3, -0.25) is 5.43 Å². The Kier molecular flexibility index (Phi) is 2.89. The summed E-state index contributed by atoms with van der Waals surface area (Å²) in [7, 11) is 0. The van der Waals surface area contributed by atoms with Gasteiger partial charge in [-0.15, -0.1) is 0 Å². The minimum Gasteiger partial charge on any atom is -0.329 e. The van der Waals surface area contributed by atoms with Gasteiger partial charge >= 0.3 is 0 Å². The number of rotatable bonds is 3. The van der Waals surface area contributed by atoms with Gasteiger partial charge < -0.3 is 4.98 Å². The SMILES string of the molecule is Cc1cccc(C=NNc2ncnc3[nH]cnc23)c1. The molecular formula is C13H12N6. The Morgan fingerprint density at radius 3 is 3.11 bits per heavy atom. The second-order valence-electron chi connectivity index (χ2n) is 4.11. The molecule has 2 aromatic heterocycles. The van der Waals surface area contributed by atoms with E-state index in [-0.39, 0.29) is 0 Å². The van der Waals surface area contributed by atoms with Gasteiger partial charge in [-0.1, -0.05) is 29.8 Å². The number of aryl methyl sites for hydroxylation is 1. The number of H-pyrrole nitrogens is 1. The van der Waals surface area contributed by atoms with Crippen molar-refractivity contribution in [2.45, 2.75) is 6.92 Å². The maximum absolute atomic E-state index is 4.16. The molecule has 0 atom stereocenters. The fourth-order valence-corrected chi connectivity index (χ4v) is 1.76. The highest BCUT2D eigenvalue weighted by atomic mass is 15.3. The smallest absolute Gasteiger partial charge is 0.177 e. The minimum absolute atomic E-state index is 0.579. The third-order valence-electron chi connectivity index (χ3n) is 2.64. The van der Waals surface area contributed by atoms with Crippen molar-refractivity contribution in [1.82, 2.24) is 19.9 Å². The van der Waals surface area contributed by atoms with Crippen LogP contribution >= 0.6 is 0 Å². The highest BCUT2D eigenvalue weighted by molar-refractivity contribution is 5.84. The topological polar surface area (TPSA) is 78.9 Å². The van der Waals surface area contributed by atoms with E-state index in [1.165, 1.54) is 11.9 Å². The highest BCUT2D eigenvalue weighted by Gasteiger charge is 2.03. The average Bonchev–Trinajstić information content (AvgIpc) is 2.88. The van der Waals surface area contributed by atoms with E-state index < -0.39 is 0 Å². The van der Waals surface area contributed by atoms with Crippen LogP contribution < -0.4 is 5.43 Å². The van der Waals surface area contributed by atoms with Crippen molar-refractivity contribution in [3.8, 4) is 0 Å². The van der Waals surface area contributed by atoms with Gasteiger partial charge in [0, 0.05) is 0 Å². The van der Waals surface area contributed by atoms with Crippen molar-refractivity contribution in [1.29, 1.82) is 0 Å². The van der Waals surface area contributed by atoms with Crippen LogP contribution in [0.3, 0.4) is 0 Å². The second-order valence-corrected chi connectivity index (χ2v) is 4.11. The number of imidazole rings is 1. The molecule has 3 rings (SSSR count). The predicted molar refractivity (Wildman–Crippen MR) is 74.1 cm³/mol. The van der Waals surface area contributed by atoms with Crippen LogP contribution in [0.2, 0.25) is 0 Å². The molecule has 0 aliphatic carbocycles. The quantitative estimate of drug-likeness (QED) is 0.552. The van der Waals surface area contributed by atoms with Gasteiger partial charge in [-0.2, -0.15) is 5.10 Å². The number of fused-ring (bicyclic) bond motifs is 1. The van der Waals surface area contributed by atoms with Crippen LogP contribution in [0.25, 0.3) is 11.2 Å². The van der Waals surface area contributed by atoms with Gasteiger partial charge in [-0.25, -0.2) is 15.0 Å². The summed E-state index contributed by atoms with van der Waals surface area (Å²) in [6.45, 7) is 2.04. The van der Waals surface area contributed by atoms with Gasteiger partial charge in [0.25, 0.3) is 0 Å². The largest absolute Gasteiger partial charge is 0.329 e. The summed E-state index contributed by atoms with van der Waals surface area (Å²) < 4.78 is 0. The van der Waals surface area contributed by atoms with Gasteiger partial charge in [0.1, 0.15) is 6.33 Å². The molecule has 0 bridgehead atoms. The first kappa shape index (κ1) is 11.3. The Balaban J connectivity index is 1.81. The zero-order valence-electron chi connectivity index (χ0n) is 10.3. The average molecular weight is 252 g/mol. The molecule has 94 valence electrons. The van der Waals surface area contributed by atoms with Gasteiger partial charge in [0.15, 0.2) is 17.0 Å². The van der Waals surface area contributed by atoms with E-state index in [1.54, 1.807) is 12.5 Å². The van der Waals surface area contributed by atoms with Crippen molar-refractivity contribution in [2.24, 2.45) is 5.10 Å². The maximum atomic E-state index is 4.16. The molecule has 0 saturated carbocycles. The molecule has 0 aliphatic rings. The van der Waals surface area contributed by atoms with Crippen LogP contribution in [0.4, 0.5) is 5.82 Å². The fourth-order valence-electron chi connectivity index (χ4n) is 1.76. The molecule has 3 aromatic rings. The van der Waals surface area contributed by atoms with E-state index in [9.17, 15) is 0 Å². The lowest BCUT2D eigenvalue weighted by Crippen LogP contribution is -1.95. The molecule has 2 heterocycles. The van der Waals surface area contributed by atoms with E-state index in [0.29, 0.717) is 17.0 Å². The van der Waals surface area contributed by atoms with Crippen LogP contribution in [0.1, 0.15) is 11.1 Å². The Morgan fingerprint density at radius 1 is 1.26 bits per heavy atom. The van der Waals surface area contributed by atoms with Crippen LogP contribution in [0.15, 0.2) is 42.0 Å². The predicted octanol–water partition coefficient (Wildman–Crippen LogP) is 2.11. The number of anilines is 1. The number of nitrogens with zero attached hydrogens (tertiary/aromatic N) is 4.